The summed E-state index contributed by atoms with van der Waals surface area (Å²) in [7, 11) is 0. The molecular weight excluding hydrogens is 388 g/mol. The first kappa shape index (κ1) is 19.3. The van der Waals surface area contributed by atoms with Gasteiger partial charge in [-0.1, -0.05) is 35.9 Å². The highest BCUT2D eigenvalue weighted by Gasteiger charge is 2.34. The van der Waals surface area contributed by atoms with Crippen LogP contribution in [0.2, 0.25) is 5.02 Å². The average Bonchev–Trinajstić information content (AvgIpc) is 3.26. The highest BCUT2D eigenvalue weighted by atomic mass is 35.5. The number of carbonyl (C=O) groups excluding carboxylic acids is 2. The lowest BCUT2D eigenvalue weighted by Gasteiger charge is -2.31. The fourth-order valence-electron chi connectivity index (χ4n) is 2.98. The zero-order valence-corrected chi connectivity index (χ0v) is 17.1. The lowest BCUT2D eigenvalue weighted by Crippen LogP contribution is -2.43. The molecule has 1 fully saturated rings. The Morgan fingerprint density at radius 3 is 2.73 bits per heavy atom. The Morgan fingerprint density at radius 1 is 1.31 bits per heavy atom. The highest BCUT2D eigenvalue weighted by Crippen LogP contribution is 2.41. The van der Waals surface area contributed by atoms with Crippen LogP contribution in [0, 0.1) is 0 Å². The third-order valence-electron chi connectivity index (χ3n) is 4.34. The lowest BCUT2D eigenvalue weighted by molar-refractivity contribution is -0.128. The first-order chi connectivity index (χ1) is 12.5. The molecule has 4 nitrogen and oxygen atoms in total. The number of hydrogen-bond acceptors (Lipinski definition) is 4. The summed E-state index contributed by atoms with van der Waals surface area (Å²) in [5, 5.41) is 2.47. The minimum atomic E-state index is -0.0953. The monoisotopic (exact) mass is 408 g/mol. The van der Waals surface area contributed by atoms with Crippen LogP contribution >= 0.6 is 34.7 Å². The number of amides is 2. The van der Waals surface area contributed by atoms with Gasteiger partial charge in [-0.15, -0.1) is 23.1 Å². The van der Waals surface area contributed by atoms with Crippen molar-refractivity contribution in [3.05, 3.63) is 57.2 Å². The van der Waals surface area contributed by atoms with Gasteiger partial charge in [0.1, 0.15) is 5.37 Å². The molecule has 0 N–H and O–H groups in total. The molecule has 0 radical (unpaired) electrons. The van der Waals surface area contributed by atoms with E-state index in [-0.39, 0.29) is 23.2 Å². The topological polar surface area (TPSA) is 40.6 Å². The summed E-state index contributed by atoms with van der Waals surface area (Å²) in [6.07, 6.45) is 0. The van der Waals surface area contributed by atoms with Crippen LogP contribution in [0.25, 0.3) is 0 Å². The van der Waals surface area contributed by atoms with E-state index >= 15 is 0 Å². The molecule has 2 aromatic rings. The molecule has 0 saturated carbocycles. The maximum atomic E-state index is 12.7. The van der Waals surface area contributed by atoms with Crippen LogP contribution in [0.15, 0.2) is 41.8 Å². The number of thioether (sulfide) groups is 1. The molecule has 7 heteroatoms. The van der Waals surface area contributed by atoms with Crippen molar-refractivity contribution in [2.45, 2.75) is 25.3 Å². The van der Waals surface area contributed by atoms with Gasteiger partial charge in [-0.05, 0) is 31.4 Å². The van der Waals surface area contributed by atoms with E-state index in [1.807, 2.05) is 65.4 Å². The van der Waals surface area contributed by atoms with E-state index < -0.39 is 0 Å². The number of rotatable bonds is 6. The van der Waals surface area contributed by atoms with Crippen molar-refractivity contribution < 1.29 is 9.59 Å². The van der Waals surface area contributed by atoms with Gasteiger partial charge in [0.25, 0.3) is 5.91 Å². The van der Waals surface area contributed by atoms with Gasteiger partial charge in [-0.3, -0.25) is 9.59 Å². The van der Waals surface area contributed by atoms with Crippen LogP contribution < -0.4 is 0 Å². The molecule has 26 heavy (non-hydrogen) atoms. The first-order valence-electron chi connectivity index (χ1n) is 8.49. The number of carbonyl (C=O) groups is 2. The van der Waals surface area contributed by atoms with E-state index in [4.69, 9.17) is 11.6 Å². The smallest absolute Gasteiger partial charge is 0.264 e. The molecule has 138 valence electrons. The van der Waals surface area contributed by atoms with Crippen LogP contribution in [-0.2, 0) is 4.79 Å². The number of halogens is 1. The van der Waals surface area contributed by atoms with Crippen LogP contribution in [0.5, 0.6) is 0 Å². The van der Waals surface area contributed by atoms with Crippen molar-refractivity contribution in [2.75, 3.05) is 18.8 Å². The van der Waals surface area contributed by atoms with E-state index in [2.05, 4.69) is 0 Å². The molecule has 1 aromatic carbocycles. The normalized spacial score (nSPS) is 17.2. The zero-order chi connectivity index (χ0) is 18.7. The Labute approximate surface area is 167 Å². The standard InChI is InChI=1S/C19H21ClN2O2S2/c1-13(2)21(18(24)16-8-5-11-25-16)9-10-22-17(23)12-26-19(22)14-6-3-4-7-15(14)20/h3-8,11,13,19H,9-10,12H2,1-2H3/t19-/m0/s1. The zero-order valence-electron chi connectivity index (χ0n) is 14.7. The van der Waals surface area contributed by atoms with Crippen molar-refractivity contribution in [3.8, 4) is 0 Å². The van der Waals surface area contributed by atoms with Crippen molar-refractivity contribution >= 4 is 46.5 Å². The molecule has 0 aliphatic carbocycles. The van der Waals surface area contributed by atoms with Crippen LogP contribution in [-0.4, -0.2) is 46.5 Å². The summed E-state index contributed by atoms with van der Waals surface area (Å²) >= 11 is 9.36. The van der Waals surface area contributed by atoms with E-state index in [1.54, 1.807) is 11.8 Å². The SMILES string of the molecule is CC(C)N(CCN1C(=O)CS[C@H]1c1ccccc1Cl)C(=O)c1cccs1. The fourth-order valence-corrected chi connectivity index (χ4v) is 5.22. The third-order valence-corrected chi connectivity index (χ3v) is 6.78. The summed E-state index contributed by atoms with van der Waals surface area (Å²) in [4.78, 5) is 29.5. The quantitative estimate of drug-likeness (QED) is 0.705. The van der Waals surface area contributed by atoms with Gasteiger partial charge in [0, 0.05) is 29.7 Å². The predicted molar refractivity (Wildman–Crippen MR) is 109 cm³/mol. The maximum absolute atomic E-state index is 12.7. The molecule has 2 amide bonds. The molecule has 1 aromatic heterocycles. The largest absolute Gasteiger partial charge is 0.334 e. The summed E-state index contributed by atoms with van der Waals surface area (Å²) in [6, 6.07) is 11.4. The molecular formula is C19H21ClN2O2S2. The second-order valence-corrected chi connectivity index (χ2v) is 8.77. The summed E-state index contributed by atoms with van der Waals surface area (Å²) in [6.45, 7) is 4.99. The van der Waals surface area contributed by atoms with Crippen LogP contribution in [0.4, 0.5) is 0 Å². The number of thiophene rings is 1. The molecule has 1 saturated heterocycles. The van der Waals surface area contributed by atoms with Crippen LogP contribution in [0.1, 0.15) is 34.5 Å². The molecule has 1 atom stereocenters. The van der Waals surface area contributed by atoms with E-state index in [9.17, 15) is 9.59 Å². The Morgan fingerprint density at radius 2 is 2.08 bits per heavy atom. The van der Waals surface area contributed by atoms with Crippen molar-refractivity contribution in [2.24, 2.45) is 0 Å². The molecule has 3 rings (SSSR count). The number of benzene rings is 1. The van der Waals surface area contributed by atoms with Gasteiger partial charge in [0.05, 0.1) is 10.6 Å². The summed E-state index contributed by atoms with van der Waals surface area (Å²) in [5.41, 5.74) is 0.950. The highest BCUT2D eigenvalue weighted by molar-refractivity contribution is 8.00. The average molecular weight is 409 g/mol. The molecule has 1 aliphatic heterocycles. The Hall–Kier alpha value is -1.50. The van der Waals surface area contributed by atoms with E-state index in [1.165, 1.54) is 11.3 Å². The predicted octanol–water partition coefficient (Wildman–Crippen LogP) is 4.53. The maximum Gasteiger partial charge on any atom is 0.264 e. The Bertz CT molecular complexity index is 780. The minimum Gasteiger partial charge on any atom is -0.334 e. The molecule has 1 aliphatic rings. The third kappa shape index (κ3) is 4.08. The Balaban J connectivity index is 1.74. The second-order valence-electron chi connectivity index (χ2n) is 6.34. The molecule has 0 unspecified atom stereocenters. The van der Waals surface area contributed by atoms with Gasteiger partial charge in [0.15, 0.2) is 0 Å². The van der Waals surface area contributed by atoms with Gasteiger partial charge in [0.2, 0.25) is 5.91 Å². The Kier molecular flexibility index (Phi) is 6.27. The minimum absolute atomic E-state index is 0.0172. The fraction of sp³-hybridized carbons (Fsp3) is 0.368. The molecule has 0 bridgehead atoms. The number of hydrogen-bond donors (Lipinski definition) is 0. The van der Waals surface area contributed by atoms with E-state index in [0.29, 0.717) is 23.9 Å². The van der Waals surface area contributed by atoms with Gasteiger partial charge < -0.3 is 9.80 Å². The van der Waals surface area contributed by atoms with Crippen molar-refractivity contribution in [1.29, 1.82) is 0 Å². The van der Waals surface area contributed by atoms with Gasteiger partial charge in [-0.2, -0.15) is 0 Å². The van der Waals surface area contributed by atoms with Crippen LogP contribution in [0.3, 0.4) is 0 Å². The van der Waals surface area contributed by atoms with Gasteiger partial charge in [-0.25, -0.2) is 0 Å². The second kappa shape index (κ2) is 8.46. The summed E-state index contributed by atoms with van der Waals surface area (Å²) < 4.78 is 0. The van der Waals surface area contributed by atoms with Gasteiger partial charge >= 0.3 is 0 Å². The molecule has 0 spiro atoms. The van der Waals surface area contributed by atoms with E-state index in [0.717, 1.165) is 10.4 Å². The summed E-state index contributed by atoms with van der Waals surface area (Å²) in [5.74, 6) is 0.548. The number of nitrogens with zero attached hydrogens (tertiary/aromatic N) is 2. The van der Waals surface area contributed by atoms with Crippen molar-refractivity contribution in [3.63, 3.8) is 0 Å². The lowest BCUT2D eigenvalue weighted by atomic mass is 10.2. The van der Waals surface area contributed by atoms with Crippen molar-refractivity contribution in [1.82, 2.24) is 9.80 Å². The first-order valence-corrected chi connectivity index (χ1v) is 10.8. The molecule has 2 heterocycles.